The van der Waals surface area contributed by atoms with Crippen LogP contribution in [0.25, 0.3) is 0 Å². The van der Waals surface area contributed by atoms with Crippen molar-refractivity contribution in [3.05, 3.63) is 110 Å². The number of para-hydroxylation sites is 1. The molecule has 8 heteroatoms. The largest absolute Gasteiger partial charge is 0.481 e. The Morgan fingerprint density at radius 1 is 1.09 bits per heavy atom. The number of carbonyl (C=O) groups excluding carboxylic acids is 2. The average molecular weight is 567 g/mol. The van der Waals surface area contributed by atoms with E-state index in [0.717, 1.165) is 14.6 Å². The van der Waals surface area contributed by atoms with E-state index in [0.29, 0.717) is 28.3 Å². The van der Waals surface area contributed by atoms with E-state index >= 15 is 0 Å². The van der Waals surface area contributed by atoms with Crippen LogP contribution in [-0.2, 0) is 0 Å². The summed E-state index contributed by atoms with van der Waals surface area (Å²) in [7, 11) is 0. The Morgan fingerprint density at radius 2 is 1.85 bits per heavy atom. The first-order valence-electron chi connectivity index (χ1n) is 10.2. The van der Waals surface area contributed by atoms with Gasteiger partial charge in [-0.15, -0.1) is 0 Å². The van der Waals surface area contributed by atoms with Gasteiger partial charge >= 0.3 is 0 Å². The summed E-state index contributed by atoms with van der Waals surface area (Å²) in [5, 5.41) is 2.95. The molecule has 2 aliphatic rings. The molecule has 2 aliphatic heterocycles. The zero-order valence-corrected chi connectivity index (χ0v) is 20.3. The third-order valence-corrected chi connectivity index (χ3v) is 6.38. The smallest absolute Gasteiger partial charge is 0.251 e. The highest BCUT2D eigenvalue weighted by molar-refractivity contribution is 9.11. The summed E-state index contributed by atoms with van der Waals surface area (Å²) in [4.78, 5) is 32.2. The number of amides is 1. The number of hydrogen-bond donors (Lipinski definition) is 1. The number of nitrogens with zero attached hydrogens (tertiary/aromatic N) is 2. The van der Waals surface area contributed by atoms with Crippen molar-refractivity contribution < 1.29 is 14.3 Å². The van der Waals surface area contributed by atoms with E-state index in [1.165, 1.54) is 0 Å². The van der Waals surface area contributed by atoms with E-state index < -0.39 is 6.10 Å². The van der Waals surface area contributed by atoms with Crippen molar-refractivity contribution in [1.82, 2.24) is 10.3 Å². The summed E-state index contributed by atoms with van der Waals surface area (Å²) < 4.78 is 7.66. The number of fused-ring (bicyclic) bond motifs is 2. The molecule has 0 saturated carbocycles. The molecule has 0 radical (unpaired) electrons. The maximum Gasteiger partial charge on any atom is 0.251 e. The molecule has 5 rings (SSSR count). The standard InChI is InChI=1S/C25H17Br2N3O3/c26-16-10-20(27)24(28-12-16)30-14-19-22(33-21-9-5-4-8-18(21)23(19)31)11-17(30)13-29-25(32)15-6-2-1-3-7-15/h1-12,14,22H,13H2,(H,29,32)/t22-/m1/s1. The van der Waals surface area contributed by atoms with Gasteiger partial charge in [0.1, 0.15) is 11.9 Å². The van der Waals surface area contributed by atoms with Gasteiger partial charge in [-0.3, -0.25) is 9.59 Å². The maximum atomic E-state index is 13.2. The van der Waals surface area contributed by atoms with Gasteiger partial charge in [-0.2, -0.15) is 0 Å². The second kappa shape index (κ2) is 8.96. The van der Waals surface area contributed by atoms with Crippen molar-refractivity contribution in [3.63, 3.8) is 0 Å². The normalized spacial score (nSPS) is 16.7. The fourth-order valence-corrected chi connectivity index (χ4v) is 4.94. The van der Waals surface area contributed by atoms with Crippen LogP contribution in [-0.4, -0.2) is 29.3 Å². The number of rotatable bonds is 4. The summed E-state index contributed by atoms with van der Waals surface area (Å²) in [5.74, 6) is 0.852. The Kier molecular flexibility index (Phi) is 5.86. The molecule has 0 saturated heterocycles. The minimum Gasteiger partial charge on any atom is -0.481 e. The van der Waals surface area contributed by atoms with Crippen molar-refractivity contribution in [1.29, 1.82) is 0 Å². The SMILES string of the molecule is O=C(NCC1=C[C@H]2Oc3ccccc3C(=O)C2=CN1c1ncc(Br)cc1Br)c1ccccc1. The van der Waals surface area contributed by atoms with E-state index in [1.54, 1.807) is 36.7 Å². The number of Topliss-reactive ketones (excluding diaryl/α,β-unsaturated/α-hetero) is 1. The van der Waals surface area contributed by atoms with Crippen molar-refractivity contribution in [2.24, 2.45) is 0 Å². The lowest BCUT2D eigenvalue weighted by Gasteiger charge is -2.34. The molecule has 0 bridgehead atoms. The van der Waals surface area contributed by atoms with Crippen LogP contribution in [0.1, 0.15) is 20.7 Å². The van der Waals surface area contributed by atoms with E-state index in [-0.39, 0.29) is 18.2 Å². The van der Waals surface area contributed by atoms with Gasteiger partial charge in [0, 0.05) is 28.1 Å². The second-order valence-corrected chi connectivity index (χ2v) is 9.25. The van der Waals surface area contributed by atoms with Gasteiger partial charge in [0.2, 0.25) is 0 Å². The van der Waals surface area contributed by atoms with E-state index in [1.807, 2.05) is 47.4 Å². The van der Waals surface area contributed by atoms with Gasteiger partial charge in [0.05, 0.1) is 22.2 Å². The summed E-state index contributed by atoms with van der Waals surface area (Å²) in [5.41, 5.74) is 2.33. The summed E-state index contributed by atoms with van der Waals surface area (Å²) in [6.45, 7) is 0.220. The number of anilines is 1. The fourth-order valence-electron chi connectivity index (χ4n) is 3.76. The zero-order chi connectivity index (χ0) is 22.9. The molecule has 164 valence electrons. The molecular weight excluding hydrogens is 550 g/mol. The molecule has 0 aliphatic carbocycles. The first-order chi connectivity index (χ1) is 16.0. The Balaban J connectivity index is 1.51. The predicted molar refractivity (Wildman–Crippen MR) is 132 cm³/mol. The first-order valence-corrected chi connectivity index (χ1v) is 11.8. The van der Waals surface area contributed by atoms with Crippen LogP contribution in [0.4, 0.5) is 5.82 Å². The van der Waals surface area contributed by atoms with Crippen LogP contribution in [0.2, 0.25) is 0 Å². The molecule has 0 unspecified atom stereocenters. The number of ether oxygens (including phenoxy) is 1. The minimum absolute atomic E-state index is 0.0938. The Hall–Kier alpha value is -3.23. The molecule has 3 heterocycles. The quantitative estimate of drug-likeness (QED) is 0.466. The number of halogens is 2. The van der Waals surface area contributed by atoms with Crippen molar-refractivity contribution in [2.45, 2.75) is 6.10 Å². The van der Waals surface area contributed by atoms with Gasteiger partial charge in [-0.1, -0.05) is 30.3 Å². The molecule has 1 amide bonds. The van der Waals surface area contributed by atoms with Crippen LogP contribution in [0.3, 0.4) is 0 Å². The van der Waals surface area contributed by atoms with Gasteiger partial charge in [-0.25, -0.2) is 4.98 Å². The second-order valence-electron chi connectivity index (χ2n) is 7.48. The van der Waals surface area contributed by atoms with Crippen molar-refractivity contribution >= 4 is 49.4 Å². The lowest BCUT2D eigenvalue weighted by molar-refractivity contribution is 0.0950. The molecule has 1 aromatic heterocycles. The predicted octanol–water partition coefficient (Wildman–Crippen LogP) is 5.27. The number of ketones is 1. The highest BCUT2D eigenvalue weighted by Crippen LogP contribution is 2.37. The molecule has 3 aromatic rings. The lowest BCUT2D eigenvalue weighted by Crippen LogP contribution is -2.39. The van der Waals surface area contributed by atoms with Crippen molar-refractivity contribution in [2.75, 3.05) is 11.4 Å². The Bertz CT molecular complexity index is 1320. The van der Waals surface area contributed by atoms with Crippen LogP contribution >= 0.6 is 31.9 Å². The number of aromatic nitrogens is 1. The summed E-state index contributed by atoms with van der Waals surface area (Å²) >= 11 is 6.98. The fraction of sp³-hybridized carbons (Fsp3) is 0.0800. The van der Waals surface area contributed by atoms with Gasteiger partial charge in [0.25, 0.3) is 5.91 Å². The van der Waals surface area contributed by atoms with Crippen molar-refractivity contribution in [3.8, 4) is 5.75 Å². The summed E-state index contributed by atoms with van der Waals surface area (Å²) in [6, 6.07) is 18.1. The molecule has 6 nitrogen and oxygen atoms in total. The highest BCUT2D eigenvalue weighted by Gasteiger charge is 2.35. The van der Waals surface area contributed by atoms with Crippen LogP contribution in [0, 0.1) is 0 Å². The first kappa shape index (κ1) is 21.6. The molecular formula is C25H17Br2N3O3. The minimum atomic E-state index is -0.554. The van der Waals surface area contributed by atoms with Crippen LogP contribution in [0.5, 0.6) is 5.75 Å². The van der Waals surface area contributed by atoms with Gasteiger partial charge in [0.15, 0.2) is 11.6 Å². The van der Waals surface area contributed by atoms with E-state index in [9.17, 15) is 9.59 Å². The zero-order valence-electron chi connectivity index (χ0n) is 17.2. The Labute approximate surface area is 207 Å². The van der Waals surface area contributed by atoms with Crippen LogP contribution < -0.4 is 15.0 Å². The molecule has 0 spiro atoms. The molecule has 1 N–H and O–H groups in total. The average Bonchev–Trinajstić information content (AvgIpc) is 2.83. The maximum absolute atomic E-state index is 13.2. The Morgan fingerprint density at radius 3 is 2.64 bits per heavy atom. The monoisotopic (exact) mass is 565 g/mol. The molecule has 33 heavy (non-hydrogen) atoms. The van der Waals surface area contributed by atoms with Gasteiger partial charge < -0.3 is 15.0 Å². The number of carbonyl (C=O) groups is 2. The third-order valence-electron chi connectivity index (χ3n) is 5.36. The molecule has 2 aromatic carbocycles. The van der Waals surface area contributed by atoms with E-state index in [4.69, 9.17) is 4.74 Å². The number of pyridine rings is 1. The van der Waals surface area contributed by atoms with E-state index in [2.05, 4.69) is 42.2 Å². The summed E-state index contributed by atoms with van der Waals surface area (Å²) in [6.07, 6.45) is 4.72. The number of benzene rings is 2. The van der Waals surface area contributed by atoms with Gasteiger partial charge in [-0.05, 0) is 68.3 Å². The highest BCUT2D eigenvalue weighted by atomic mass is 79.9. The molecule has 0 fully saturated rings. The third kappa shape index (κ3) is 4.24. The van der Waals surface area contributed by atoms with Crippen LogP contribution in [0.15, 0.2) is 99.4 Å². The number of nitrogens with one attached hydrogen (secondary N) is 1. The number of hydrogen-bond acceptors (Lipinski definition) is 5. The molecule has 1 atom stereocenters. The topological polar surface area (TPSA) is 71.5 Å². The lowest BCUT2D eigenvalue weighted by atomic mass is 9.93.